The Balaban J connectivity index is 1.26. The second kappa shape index (κ2) is 62.1. The molecule has 3 saturated heterocycles. The number of hydrogen-bond acceptors (Lipinski definition) is 18. The summed E-state index contributed by atoms with van der Waals surface area (Å²) in [5.74, 6) is -0.269. The van der Waals surface area contributed by atoms with Crippen molar-refractivity contribution in [3.05, 3.63) is 36.5 Å². The van der Waals surface area contributed by atoms with Crippen LogP contribution >= 0.6 is 0 Å². The highest BCUT2D eigenvalue weighted by Crippen LogP contribution is 2.33. The van der Waals surface area contributed by atoms with E-state index in [0.717, 1.165) is 51.4 Å². The zero-order valence-electron chi connectivity index (χ0n) is 62.9. The molecule has 3 aliphatic rings. The molecule has 17 unspecified atom stereocenters. The van der Waals surface area contributed by atoms with Crippen molar-refractivity contribution in [2.45, 2.75) is 446 Å². The van der Waals surface area contributed by atoms with Crippen LogP contribution in [0.3, 0.4) is 0 Å². The zero-order chi connectivity index (χ0) is 72.5. The Bertz CT molecular complexity index is 1950. The number of allylic oxidation sites excluding steroid dienone is 5. The monoisotopic (exact) mass is 1430 g/mol. The van der Waals surface area contributed by atoms with Crippen LogP contribution in [0.1, 0.15) is 341 Å². The quantitative estimate of drug-likeness (QED) is 0.0199. The molecule has 0 spiro atoms. The second-order valence-electron chi connectivity index (χ2n) is 29.6. The number of nitrogens with one attached hydrogen (secondary N) is 1. The molecular formula is C81H151NO18. The summed E-state index contributed by atoms with van der Waals surface area (Å²) >= 11 is 0. The average molecular weight is 1430 g/mol. The maximum atomic E-state index is 13.4. The van der Waals surface area contributed by atoms with E-state index in [4.69, 9.17) is 28.4 Å². The van der Waals surface area contributed by atoms with Crippen LogP contribution in [-0.4, -0.2) is 193 Å². The standard InChI is InChI=1S/C81H151NO18/c1-3-5-7-9-11-13-15-17-19-20-21-22-23-24-25-26-27-28-29-30-31-32-33-34-35-36-37-38-39-40-41-42-43-44-45-47-49-51-53-55-57-59-69(87)82-64(65(86)58-56-54-52-50-48-46-18-16-14-12-10-8-6-4-2)63-95-79-75(93)72(90)77(67(61-84)97-79)100-81-76(94)73(91)78(68(62-85)98-81)99-80-74(92)71(89)70(88)66(60-83)96-80/h15,17,20-21,56,58,64-68,70-81,83-86,88-94H,3-14,16,18-19,22-55,57,59-63H2,1-2H3,(H,82,87)/b17-15-,21-20-,58-56+. The summed E-state index contributed by atoms with van der Waals surface area (Å²) in [7, 11) is 0. The topological polar surface area (TPSA) is 307 Å². The first-order valence-corrected chi connectivity index (χ1v) is 41.2. The SMILES string of the molecule is CCCCCCC/C=C\C/C=C\CCCCCCCCCCCCCCCCCCCCCCCCCCCCCCCC(=O)NC(COC1OC(CO)C(OC2OC(CO)C(OC3OC(CO)C(O)C(O)C3O)C(O)C2O)C(O)C1O)C(O)/C=C/CCCCCCCCCCCCCC. The van der Waals surface area contributed by atoms with Gasteiger partial charge in [0.15, 0.2) is 18.9 Å². The molecule has 12 N–H and O–H groups in total. The molecule has 19 heteroatoms. The molecule has 3 rings (SSSR count). The molecule has 17 atom stereocenters. The van der Waals surface area contributed by atoms with Crippen molar-refractivity contribution >= 4 is 5.91 Å². The predicted molar refractivity (Wildman–Crippen MR) is 397 cm³/mol. The van der Waals surface area contributed by atoms with Gasteiger partial charge in [0.25, 0.3) is 0 Å². The maximum absolute atomic E-state index is 13.4. The van der Waals surface area contributed by atoms with Crippen LogP contribution in [0.5, 0.6) is 0 Å². The van der Waals surface area contributed by atoms with Crippen LogP contribution in [0.15, 0.2) is 36.5 Å². The molecule has 0 aromatic rings. The van der Waals surface area contributed by atoms with Crippen LogP contribution < -0.4 is 5.32 Å². The van der Waals surface area contributed by atoms with Crippen molar-refractivity contribution in [3.63, 3.8) is 0 Å². The van der Waals surface area contributed by atoms with E-state index in [1.54, 1.807) is 6.08 Å². The summed E-state index contributed by atoms with van der Waals surface area (Å²) in [4.78, 5) is 13.4. The van der Waals surface area contributed by atoms with Crippen LogP contribution in [0.25, 0.3) is 0 Å². The van der Waals surface area contributed by atoms with E-state index in [0.29, 0.717) is 6.42 Å². The van der Waals surface area contributed by atoms with E-state index in [-0.39, 0.29) is 18.9 Å². The minimum atomic E-state index is -1.98. The Morgan fingerprint density at radius 3 is 1.02 bits per heavy atom. The minimum Gasteiger partial charge on any atom is -0.394 e. The van der Waals surface area contributed by atoms with Crippen molar-refractivity contribution in [2.24, 2.45) is 0 Å². The number of carbonyl (C=O) groups is 1. The first kappa shape index (κ1) is 92.2. The van der Waals surface area contributed by atoms with Crippen molar-refractivity contribution in [1.82, 2.24) is 5.32 Å². The lowest BCUT2D eigenvalue weighted by Crippen LogP contribution is -2.66. The molecule has 0 aromatic carbocycles. The van der Waals surface area contributed by atoms with E-state index in [1.807, 2.05) is 6.08 Å². The highest BCUT2D eigenvalue weighted by Gasteiger charge is 2.54. The highest BCUT2D eigenvalue weighted by atomic mass is 16.8. The van der Waals surface area contributed by atoms with Crippen LogP contribution in [0, 0.1) is 0 Å². The van der Waals surface area contributed by atoms with E-state index in [2.05, 4.69) is 43.5 Å². The molecule has 0 aromatic heterocycles. The minimum absolute atomic E-state index is 0.248. The molecule has 0 saturated carbocycles. The smallest absolute Gasteiger partial charge is 0.220 e. The van der Waals surface area contributed by atoms with Gasteiger partial charge in [-0.3, -0.25) is 4.79 Å². The van der Waals surface area contributed by atoms with E-state index in [1.165, 1.54) is 263 Å². The lowest BCUT2D eigenvalue weighted by Gasteiger charge is -2.48. The number of amides is 1. The van der Waals surface area contributed by atoms with Crippen molar-refractivity contribution in [3.8, 4) is 0 Å². The van der Waals surface area contributed by atoms with E-state index in [9.17, 15) is 61.0 Å². The lowest BCUT2D eigenvalue weighted by atomic mass is 9.96. The third-order valence-electron chi connectivity index (χ3n) is 20.7. The number of hydrogen-bond donors (Lipinski definition) is 12. The van der Waals surface area contributed by atoms with Crippen molar-refractivity contribution in [2.75, 3.05) is 26.4 Å². The number of rotatable bonds is 66. The van der Waals surface area contributed by atoms with E-state index >= 15 is 0 Å². The molecule has 19 nitrogen and oxygen atoms in total. The van der Waals surface area contributed by atoms with Gasteiger partial charge < -0.3 is 89.9 Å². The van der Waals surface area contributed by atoms with Gasteiger partial charge in [-0.1, -0.05) is 320 Å². The molecule has 0 bridgehead atoms. The summed E-state index contributed by atoms with van der Waals surface area (Å²) in [5.41, 5.74) is 0. The van der Waals surface area contributed by atoms with Gasteiger partial charge in [-0.2, -0.15) is 0 Å². The molecule has 0 aliphatic carbocycles. The third kappa shape index (κ3) is 41.8. The fraction of sp³-hybridized carbons (Fsp3) is 0.914. The fourth-order valence-corrected chi connectivity index (χ4v) is 14.1. The second-order valence-corrected chi connectivity index (χ2v) is 29.6. The number of carbonyl (C=O) groups excluding carboxylic acids is 1. The summed E-state index contributed by atoms with van der Waals surface area (Å²) in [5, 5.41) is 121. The van der Waals surface area contributed by atoms with Crippen LogP contribution in [-0.2, 0) is 33.2 Å². The molecule has 3 fully saturated rings. The lowest BCUT2D eigenvalue weighted by molar-refractivity contribution is -0.379. The van der Waals surface area contributed by atoms with Gasteiger partial charge in [-0.15, -0.1) is 0 Å². The summed E-state index contributed by atoms with van der Waals surface area (Å²) in [6, 6.07) is -0.970. The van der Waals surface area contributed by atoms with Gasteiger partial charge in [-0.05, 0) is 51.4 Å². The van der Waals surface area contributed by atoms with Gasteiger partial charge in [0.2, 0.25) is 5.91 Å². The normalized spacial score (nSPS) is 26.6. The fourth-order valence-electron chi connectivity index (χ4n) is 14.1. The largest absolute Gasteiger partial charge is 0.394 e. The van der Waals surface area contributed by atoms with E-state index < -0.39 is 124 Å². The Hall–Kier alpha value is -1.99. The van der Waals surface area contributed by atoms with Gasteiger partial charge in [0.05, 0.1) is 38.6 Å². The number of unbranched alkanes of at least 4 members (excludes halogenated alkanes) is 46. The Morgan fingerprint density at radius 2 is 0.660 bits per heavy atom. The molecule has 100 heavy (non-hydrogen) atoms. The zero-order valence-corrected chi connectivity index (χ0v) is 62.9. The third-order valence-corrected chi connectivity index (χ3v) is 20.7. The molecule has 588 valence electrons. The van der Waals surface area contributed by atoms with Crippen molar-refractivity contribution in [1.29, 1.82) is 0 Å². The maximum Gasteiger partial charge on any atom is 0.220 e. The number of aliphatic hydroxyl groups is 11. The summed E-state index contributed by atoms with van der Waals surface area (Å²) in [6.07, 6.45) is 50.3. The summed E-state index contributed by atoms with van der Waals surface area (Å²) in [6.45, 7) is 1.75. The summed E-state index contributed by atoms with van der Waals surface area (Å²) < 4.78 is 34.4. The molecule has 0 radical (unpaired) electrons. The first-order chi connectivity index (χ1) is 48.8. The number of aliphatic hydroxyl groups excluding tert-OH is 11. The van der Waals surface area contributed by atoms with Gasteiger partial charge in [0.1, 0.15) is 73.2 Å². The molecule has 3 aliphatic heterocycles. The number of ether oxygens (including phenoxy) is 6. The van der Waals surface area contributed by atoms with Crippen LogP contribution in [0.4, 0.5) is 0 Å². The average Bonchev–Trinajstić information content (AvgIpc) is 0.783. The predicted octanol–water partition coefficient (Wildman–Crippen LogP) is 13.9. The van der Waals surface area contributed by atoms with Crippen molar-refractivity contribution < 1.29 is 89.4 Å². The van der Waals surface area contributed by atoms with Gasteiger partial charge in [-0.25, -0.2) is 0 Å². The highest BCUT2D eigenvalue weighted by molar-refractivity contribution is 5.76. The molecule has 1 amide bonds. The molecule has 3 heterocycles. The van der Waals surface area contributed by atoms with Crippen LogP contribution in [0.2, 0.25) is 0 Å². The Kier molecular flexibility index (Phi) is 57.3. The molecular weight excluding hydrogens is 1270 g/mol. The Labute approximate surface area is 606 Å². The van der Waals surface area contributed by atoms with Gasteiger partial charge in [0, 0.05) is 6.42 Å². The van der Waals surface area contributed by atoms with Gasteiger partial charge >= 0.3 is 0 Å². The first-order valence-electron chi connectivity index (χ1n) is 41.2. The Morgan fingerprint density at radius 1 is 0.360 bits per heavy atom.